The van der Waals surface area contributed by atoms with Gasteiger partial charge in [0.1, 0.15) is 16.7 Å². The Labute approximate surface area is 346 Å². The molecule has 2 aromatic heterocycles. The summed E-state index contributed by atoms with van der Waals surface area (Å²) in [6.07, 6.45) is 0. The summed E-state index contributed by atoms with van der Waals surface area (Å²) in [4.78, 5) is 4.74. The molecule has 0 aliphatic rings. The molecule has 0 aliphatic carbocycles. The number of hydrogen-bond donors (Lipinski definition) is 0. The molecule has 0 N–H and O–H groups in total. The first-order valence-electron chi connectivity index (χ1n) is 20.3. The normalized spacial score (nSPS) is 11.7. The third kappa shape index (κ3) is 5.79. The van der Waals surface area contributed by atoms with Gasteiger partial charge in [-0.2, -0.15) is 0 Å². The molecule has 0 aliphatic heterocycles. The van der Waals surface area contributed by atoms with Crippen molar-refractivity contribution in [1.82, 2.24) is 4.98 Å². The first-order chi connectivity index (χ1) is 29.7. The highest BCUT2D eigenvalue weighted by Gasteiger charge is 2.18. The molecule has 12 rings (SSSR count). The van der Waals surface area contributed by atoms with Crippen LogP contribution in [0.2, 0.25) is 0 Å². The molecule has 0 unspecified atom stereocenters. The predicted octanol–water partition coefficient (Wildman–Crippen LogP) is 16.0. The summed E-state index contributed by atoms with van der Waals surface area (Å²) in [6, 6.07) is 75.5. The van der Waals surface area contributed by atoms with Crippen molar-refractivity contribution in [1.29, 1.82) is 0 Å². The molecule has 0 amide bonds. The van der Waals surface area contributed by atoms with Crippen LogP contribution in [0.15, 0.2) is 221 Å². The Balaban J connectivity index is 0.972. The number of benzene rings is 10. The monoisotopic (exact) mass is 765 g/mol. The molecule has 280 valence electrons. The lowest BCUT2D eigenvalue weighted by molar-refractivity contribution is 0.620. The topological polar surface area (TPSA) is 39.2 Å². The van der Waals surface area contributed by atoms with Crippen LogP contribution in [0.5, 0.6) is 0 Å². The highest BCUT2D eigenvalue weighted by molar-refractivity contribution is 6.12. The van der Waals surface area contributed by atoms with E-state index in [1.165, 1.54) is 43.8 Å². The van der Waals surface area contributed by atoms with E-state index in [1.807, 2.05) is 24.3 Å². The van der Waals surface area contributed by atoms with Crippen molar-refractivity contribution in [2.45, 2.75) is 0 Å². The van der Waals surface area contributed by atoms with E-state index in [4.69, 9.17) is 13.8 Å². The SMILES string of the molecule is c1ccc2c(-c3ccc(-c4ccc5oc6c(-c7ccc(-c8nc9ccccc9o8)cc7)cc(-c7ccc(-c8cccc9ccccc89)cc7)cc6c5c4)cc3)cccc2c1. The molecule has 0 saturated carbocycles. The Morgan fingerprint density at radius 3 is 1.43 bits per heavy atom. The number of rotatable bonds is 6. The number of para-hydroxylation sites is 2. The van der Waals surface area contributed by atoms with Crippen LogP contribution in [0.25, 0.3) is 122 Å². The van der Waals surface area contributed by atoms with E-state index in [0.29, 0.717) is 5.89 Å². The van der Waals surface area contributed by atoms with Crippen LogP contribution in [-0.4, -0.2) is 4.98 Å². The third-order valence-corrected chi connectivity index (χ3v) is 11.9. The molecule has 3 heteroatoms. The second kappa shape index (κ2) is 13.8. The zero-order chi connectivity index (χ0) is 39.6. The fourth-order valence-electron chi connectivity index (χ4n) is 8.87. The minimum Gasteiger partial charge on any atom is -0.455 e. The lowest BCUT2D eigenvalue weighted by Crippen LogP contribution is -1.86. The van der Waals surface area contributed by atoms with Crippen LogP contribution in [0.4, 0.5) is 0 Å². The van der Waals surface area contributed by atoms with E-state index >= 15 is 0 Å². The van der Waals surface area contributed by atoms with Gasteiger partial charge < -0.3 is 8.83 Å². The van der Waals surface area contributed by atoms with E-state index in [1.54, 1.807) is 0 Å². The fourth-order valence-corrected chi connectivity index (χ4v) is 8.87. The van der Waals surface area contributed by atoms with E-state index in [2.05, 4.69) is 188 Å². The summed E-state index contributed by atoms with van der Waals surface area (Å²) in [5.41, 5.74) is 15.8. The quantitative estimate of drug-likeness (QED) is 0.169. The summed E-state index contributed by atoms with van der Waals surface area (Å²) in [5.74, 6) is 0.606. The maximum atomic E-state index is 6.78. The number of furan rings is 1. The van der Waals surface area contributed by atoms with E-state index in [0.717, 1.165) is 72.0 Å². The number of oxazole rings is 1. The third-order valence-electron chi connectivity index (χ3n) is 11.9. The minimum absolute atomic E-state index is 0.606. The minimum atomic E-state index is 0.606. The number of hydrogen-bond acceptors (Lipinski definition) is 3. The highest BCUT2D eigenvalue weighted by atomic mass is 16.3. The molecule has 0 saturated heterocycles. The lowest BCUT2D eigenvalue weighted by Gasteiger charge is -2.11. The first kappa shape index (κ1) is 34.1. The maximum Gasteiger partial charge on any atom is 0.227 e. The second-order valence-electron chi connectivity index (χ2n) is 15.5. The second-order valence-corrected chi connectivity index (χ2v) is 15.5. The van der Waals surface area contributed by atoms with E-state index in [9.17, 15) is 0 Å². The smallest absolute Gasteiger partial charge is 0.227 e. The summed E-state index contributed by atoms with van der Waals surface area (Å²) in [6.45, 7) is 0. The van der Waals surface area contributed by atoms with Crippen LogP contribution >= 0.6 is 0 Å². The van der Waals surface area contributed by atoms with Crippen molar-refractivity contribution in [2.75, 3.05) is 0 Å². The van der Waals surface area contributed by atoms with Crippen molar-refractivity contribution in [3.8, 4) is 67.1 Å². The van der Waals surface area contributed by atoms with Gasteiger partial charge in [-0.3, -0.25) is 0 Å². The predicted molar refractivity (Wildman–Crippen MR) is 249 cm³/mol. The average Bonchev–Trinajstić information content (AvgIpc) is 3.93. The lowest BCUT2D eigenvalue weighted by atomic mass is 9.93. The molecule has 12 aromatic rings. The number of aromatic nitrogens is 1. The van der Waals surface area contributed by atoms with Gasteiger partial charge in [0.15, 0.2) is 5.58 Å². The van der Waals surface area contributed by atoms with Crippen LogP contribution in [-0.2, 0) is 0 Å². The fraction of sp³-hybridized carbons (Fsp3) is 0. The van der Waals surface area contributed by atoms with Crippen molar-refractivity contribution in [3.63, 3.8) is 0 Å². The summed E-state index contributed by atoms with van der Waals surface area (Å²) >= 11 is 0. The van der Waals surface area contributed by atoms with Crippen molar-refractivity contribution in [2.24, 2.45) is 0 Å². The van der Waals surface area contributed by atoms with Crippen LogP contribution in [0.1, 0.15) is 0 Å². The molecule has 10 aromatic carbocycles. The first-order valence-corrected chi connectivity index (χ1v) is 20.3. The van der Waals surface area contributed by atoms with Crippen LogP contribution < -0.4 is 0 Å². The summed E-state index contributed by atoms with van der Waals surface area (Å²) < 4.78 is 12.9. The van der Waals surface area contributed by atoms with Gasteiger partial charge in [0.2, 0.25) is 5.89 Å². The van der Waals surface area contributed by atoms with Gasteiger partial charge in [0.05, 0.1) is 0 Å². The number of fused-ring (bicyclic) bond motifs is 6. The number of nitrogens with zero attached hydrogens (tertiary/aromatic N) is 1. The molecular formula is C57H35NO2. The Kier molecular flexibility index (Phi) is 7.85. The standard InChI is InChI=1S/C57H35NO2/c1-3-13-46-38(9-1)11-7-15-48(46)40-23-19-36(20-24-40)44-31-32-54-51(33-44)52-35-45(37-21-25-41(26-22-37)49-16-8-12-39-10-2-4-14-47(39)49)34-50(56(52)59-54)42-27-29-43(30-28-42)57-58-53-17-5-6-18-55(53)60-57/h1-35H. The van der Waals surface area contributed by atoms with Crippen molar-refractivity contribution >= 4 is 54.6 Å². The van der Waals surface area contributed by atoms with Gasteiger partial charge in [-0.1, -0.05) is 164 Å². The molecule has 0 fully saturated rings. The van der Waals surface area contributed by atoms with Crippen LogP contribution in [0, 0.1) is 0 Å². The van der Waals surface area contributed by atoms with Gasteiger partial charge >= 0.3 is 0 Å². The molecule has 2 heterocycles. The Hall–Kier alpha value is -8.01. The maximum absolute atomic E-state index is 6.78. The summed E-state index contributed by atoms with van der Waals surface area (Å²) in [7, 11) is 0. The Morgan fingerprint density at radius 1 is 0.283 bits per heavy atom. The Bertz CT molecular complexity index is 3530. The molecular weight excluding hydrogens is 731 g/mol. The van der Waals surface area contributed by atoms with E-state index < -0.39 is 0 Å². The molecule has 0 spiro atoms. The zero-order valence-electron chi connectivity index (χ0n) is 32.5. The molecule has 3 nitrogen and oxygen atoms in total. The molecule has 0 bridgehead atoms. The largest absolute Gasteiger partial charge is 0.455 e. The highest BCUT2D eigenvalue weighted by Crippen LogP contribution is 2.42. The molecule has 0 atom stereocenters. The van der Waals surface area contributed by atoms with Crippen molar-refractivity contribution < 1.29 is 8.83 Å². The Morgan fingerprint density at radius 2 is 0.783 bits per heavy atom. The van der Waals surface area contributed by atoms with Gasteiger partial charge in [0.25, 0.3) is 0 Å². The molecule has 0 radical (unpaired) electrons. The van der Waals surface area contributed by atoms with E-state index in [-0.39, 0.29) is 0 Å². The van der Waals surface area contributed by atoms with Crippen molar-refractivity contribution in [3.05, 3.63) is 212 Å². The summed E-state index contributed by atoms with van der Waals surface area (Å²) in [5, 5.41) is 7.15. The van der Waals surface area contributed by atoms with Crippen LogP contribution in [0.3, 0.4) is 0 Å². The van der Waals surface area contributed by atoms with Gasteiger partial charge in [-0.15, -0.1) is 0 Å². The molecule has 60 heavy (non-hydrogen) atoms. The zero-order valence-corrected chi connectivity index (χ0v) is 32.5. The average molecular weight is 766 g/mol. The van der Waals surface area contributed by atoms with Gasteiger partial charge in [-0.25, -0.2) is 4.98 Å². The van der Waals surface area contributed by atoms with Gasteiger partial charge in [-0.05, 0) is 120 Å². The van der Waals surface area contributed by atoms with Gasteiger partial charge in [0, 0.05) is 21.9 Å².